The van der Waals surface area contributed by atoms with E-state index in [9.17, 15) is 0 Å². The summed E-state index contributed by atoms with van der Waals surface area (Å²) in [5.41, 5.74) is 0.515. The SMILES string of the molecule is BC(OC(B)C1(CC)COC1)C1(CC)COC1. The fourth-order valence-electron chi connectivity index (χ4n) is 2.78. The number of ether oxygens (including phenoxy) is 3. The normalized spacial score (nSPS) is 28.8. The largest absolute Gasteiger partial charge is 0.392 e. The van der Waals surface area contributed by atoms with E-state index < -0.39 is 0 Å². The average Bonchev–Trinajstić information content (AvgIpc) is 2.15. The van der Waals surface area contributed by atoms with Crippen LogP contribution in [0, 0.1) is 10.8 Å². The van der Waals surface area contributed by atoms with Crippen molar-refractivity contribution in [3.8, 4) is 0 Å². The van der Waals surface area contributed by atoms with Gasteiger partial charge in [0.15, 0.2) is 0 Å². The Morgan fingerprint density at radius 3 is 1.47 bits per heavy atom. The first kappa shape index (κ1) is 13.4. The molecule has 3 nitrogen and oxygen atoms in total. The Morgan fingerprint density at radius 1 is 0.941 bits per heavy atom. The van der Waals surface area contributed by atoms with Gasteiger partial charge in [-0.05, 0) is 12.8 Å². The molecular formula is C12H24B2O3. The van der Waals surface area contributed by atoms with Crippen LogP contribution in [-0.4, -0.2) is 54.1 Å². The van der Waals surface area contributed by atoms with Gasteiger partial charge in [-0.25, -0.2) is 0 Å². The smallest absolute Gasteiger partial charge is 0.140 e. The first-order valence-electron chi connectivity index (χ1n) is 6.89. The van der Waals surface area contributed by atoms with Crippen LogP contribution in [0.2, 0.25) is 0 Å². The summed E-state index contributed by atoms with van der Waals surface area (Å²) in [4.78, 5) is 0. The molecule has 0 aliphatic carbocycles. The van der Waals surface area contributed by atoms with Gasteiger partial charge in [0.2, 0.25) is 0 Å². The fourth-order valence-corrected chi connectivity index (χ4v) is 2.78. The van der Waals surface area contributed by atoms with Crippen LogP contribution in [0.3, 0.4) is 0 Å². The van der Waals surface area contributed by atoms with E-state index in [1.54, 1.807) is 0 Å². The monoisotopic (exact) mass is 238 g/mol. The summed E-state index contributed by atoms with van der Waals surface area (Å²) in [5.74, 6) is 0. The lowest BCUT2D eigenvalue weighted by atomic mass is 9.66. The Kier molecular flexibility index (Phi) is 3.91. The Hall–Kier alpha value is 0.00987. The van der Waals surface area contributed by atoms with E-state index in [2.05, 4.69) is 29.5 Å². The van der Waals surface area contributed by atoms with E-state index in [0.29, 0.717) is 0 Å². The fraction of sp³-hybridized carbons (Fsp3) is 1.00. The molecule has 2 saturated heterocycles. The lowest BCUT2D eigenvalue weighted by Crippen LogP contribution is -2.58. The lowest BCUT2D eigenvalue weighted by Gasteiger charge is -2.51. The first-order valence-corrected chi connectivity index (χ1v) is 6.89. The predicted octanol–water partition coefficient (Wildman–Crippen LogP) is -0.225. The predicted molar refractivity (Wildman–Crippen MR) is 72.8 cm³/mol. The maximum atomic E-state index is 6.29. The van der Waals surface area contributed by atoms with Crippen LogP contribution < -0.4 is 0 Å². The molecule has 2 unspecified atom stereocenters. The zero-order valence-corrected chi connectivity index (χ0v) is 11.6. The standard InChI is InChI=1S/C12H24B2O3/c1-3-11(5-15-6-11)9(13)17-10(14)12(4-2)7-16-8-12/h9-10H,3-8,13-14H2,1-2H3. The zero-order chi connectivity index (χ0) is 12.5. The second-order valence-electron chi connectivity index (χ2n) is 5.84. The zero-order valence-electron chi connectivity index (χ0n) is 11.6. The quantitative estimate of drug-likeness (QED) is 0.598. The number of hydrogen-bond donors (Lipinski definition) is 0. The van der Waals surface area contributed by atoms with Gasteiger partial charge in [0.1, 0.15) is 15.7 Å². The Bertz CT molecular complexity index is 227. The second kappa shape index (κ2) is 4.94. The molecule has 0 amide bonds. The summed E-state index contributed by atoms with van der Waals surface area (Å²) in [6.07, 6.45) is 2.27. The van der Waals surface area contributed by atoms with E-state index in [-0.39, 0.29) is 22.8 Å². The third kappa shape index (κ3) is 2.18. The highest BCUT2D eigenvalue weighted by Crippen LogP contribution is 2.40. The molecule has 0 aromatic carbocycles. The van der Waals surface area contributed by atoms with Gasteiger partial charge >= 0.3 is 0 Å². The van der Waals surface area contributed by atoms with Crippen LogP contribution in [0.25, 0.3) is 0 Å². The van der Waals surface area contributed by atoms with Crippen molar-refractivity contribution in [1.29, 1.82) is 0 Å². The minimum atomic E-state index is 0.258. The molecule has 0 saturated carbocycles. The van der Waals surface area contributed by atoms with E-state index in [1.165, 1.54) is 0 Å². The molecule has 17 heavy (non-hydrogen) atoms. The third-order valence-electron chi connectivity index (χ3n) is 5.10. The van der Waals surface area contributed by atoms with Crippen LogP contribution in [0.5, 0.6) is 0 Å². The number of rotatable bonds is 6. The van der Waals surface area contributed by atoms with Crippen molar-refractivity contribution >= 4 is 15.7 Å². The van der Waals surface area contributed by atoms with Gasteiger partial charge in [-0.1, -0.05) is 13.8 Å². The van der Waals surface area contributed by atoms with Gasteiger partial charge in [0, 0.05) is 22.8 Å². The molecule has 0 N–H and O–H groups in total. The van der Waals surface area contributed by atoms with Crippen LogP contribution in [0.1, 0.15) is 26.7 Å². The average molecular weight is 238 g/mol. The summed E-state index contributed by atoms with van der Waals surface area (Å²) in [6.45, 7) is 7.88. The van der Waals surface area contributed by atoms with Crippen molar-refractivity contribution in [2.24, 2.45) is 10.8 Å². The summed E-state index contributed by atoms with van der Waals surface area (Å²) < 4.78 is 17.0. The minimum absolute atomic E-state index is 0.258. The van der Waals surface area contributed by atoms with Crippen molar-refractivity contribution in [3.05, 3.63) is 0 Å². The van der Waals surface area contributed by atoms with Gasteiger partial charge in [0.05, 0.1) is 26.4 Å². The minimum Gasteiger partial charge on any atom is -0.392 e. The molecule has 96 valence electrons. The summed E-state index contributed by atoms with van der Waals surface area (Å²) in [7, 11) is 4.40. The molecule has 0 bridgehead atoms. The van der Waals surface area contributed by atoms with Gasteiger partial charge in [-0.2, -0.15) is 0 Å². The van der Waals surface area contributed by atoms with E-state index in [0.717, 1.165) is 39.3 Å². The molecule has 2 rings (SSSR count). The molecule has 0 aromatic rings. The maximum Gasteiger partial charge on any atom is 0.140 e. The van der Waals surface area contributed by atoms with Crippen molar-refractivity contribution in [1.82, 2.24) is 0 Å². The third-order valence-corrected chi connectivity index (χ3v) is 5.10. The van der Waals surface area contributed by atoms with Gasteiger partial charge < -0.3 is 14.2 Å². The van der Waals surface area contributed by atoms with Crippen molar-refractivity contribution < 1.29 is 14.2 Å². The van der Waals surface area contributed by atoms with E-state index >= 15 is 0 Å². The van der Waals surface area contributed by atoms with Crippen LogP contribution in [0.4, 0.5) is 0 Å². The van der Waals surface area contributed by atoms with Gasteiger partial charge in [-0.3, -0.25) is 0 Å². The Balaban J connectivity index is 1.91. The van der Waals surface area contributed by atoms with Crippen molar-refractivity contribution in [2.75, 3.05) is 26.4 Å². The highest BCUT2D eigenvalue weighted by atomic mass is 16.5. The number of hydrogen-bond acceptors (Lipinski definition) is 3. The second-order valence-corrected chi connectivity index (χ2v) is 5.84. The van der Waals surface area contributed by atoms with Crippen molar-refractivity contribution in [3.63, 3.8) is 0 Å². The van der Waals surface area contributed by atoms with E-state index in [1.807, 2.05) is 0 Å². The van der Waals surface area contributed by atoms with Gasteiger partial charge in [-0.15, -0.1) is 0 Å². The summed E-state index contributed by atoms with van der Waals surface area (Å²) in [5, 5.41) is 0. The highest BCUT2D eigenvalue weighted by molar-refractivity contribution is 6.14. The first-order chi connectivity index (χ1) is 8.08. The topological polar surface area (TPSA) is 27.7 Å². The molecule has 2 aliphatic rings. The van der Waals surface area contributed by atoms with Crippen molar-refractivity contribution in [2.45, 2.75) is 38.7 Å². The lowest BCUT2D eigenvalue weighted by molar-refractivity contribution is -0.210. The molecule has 0 radical (unpaired) electrons. The van der Waals surface area contributed by atoms with Crippen LogP contribution in [0.15, 0.2) is 0 Å². The molecule has 5 heteroatoms. The molecule has 2 atom stereocenters. The molecule has 0 aromatic heterocycles. The summed E-state index contributed by atoms with van der Waals surface area (Å²) in [6, 6.07) is 0.556. The highest BCUT2D eigenvalue weighted by Gasteiger charge is 2.47. The summed E-state index contributed by atoms with van der Waals surface area (Å²) >= 11 is 0. The Labute approximate surface area is 106 Å². The van der Waals surface area contributed by atoms with Crippen LogP contribution in [-0.2, 0) is 14.2 Å². The van der Waals surface area contributed by atoms with E-state index in [4.69, 9.17) is 14.2 Å². The molecule has 2 fully saturated rings. The van der Waals surface area contributed by atoms with Gasteiger partial charge in [0.25, 0.3) is 0 Å². The maximum absolute atomic E-state index is 6.29. The van der Waals surface area contributed by atoms with Crippen LogP contribution >= 0.6 is 0 Å². The molecule has 2 heterocycles. The molecular weight excluding hydrogens is 214 g/mol. The Morgan fingerprint density at radius 2 is 1.29 bits per heavy atom. The molecule has 0 spiro atoms. The molecule has 2 aliphatic heterocycles.